The maximum absolute atomic E-state index is 13.6. The van der Waals surface area contributed by atoms with Gasteiger partial charge in [0.1, 0.15) is 11.6 Å². The van der Waals surface area contributed by atoms with E-state index in [-0.39, 0.29) is 16.7 Å². The Morgan fingerprint density at radius 1 is 0.839 bits per heavy atom. The van der Waals surface area contributed by atoms with Gasteiger partial charge in [-0.15, -0.1) is 0 Å². The number of carbonyl (C=O) groups excluding carboxylic acids is 2. The fourth-order valence-electron chi connectivity index (χ4n) is 8.45. The van der Waals surface area contributed by atoms with Gasteiger partial charge in [-0.3, -0.25) is 9.59 Å². The van der Waals surface area contributed by atoms with Gasteiger partial charge in [0.25, 0.3) is 0 Å². The average molecular weight is 435 g/mol. The summed E-state index contributed by atoms with van der Waals surface area (Å²) in [5.74, 6) is 2.33. The van der Waals surface area contributed by atoms with Crippen LogP contribution < -0.4 is 0 Å². The molecule has 1 saturated heterocycles. The van der Waals surface area contributed by atoms with E-state index in [1.807, 2.05) is 27.7 Å². The van der Waals surface area contributed by atoms with Gasteiger partial charge < -0.3 is 9.47 Å². The van der Waals surface area contributed by atoms with Crippen LogP contribution in [0.15, 0.2) is 0 Å². The summed E-state index contributed by atoms with van der Waals surface area (Å²) in [6.45, 7) is 16.1. The molecule has 4 nitrogen and oxygen atoms in total. The van der Waals surface area contributed by atoms with E-state index in [4.69, 9.17) is 9.47 Å². The predicted molar refractivity (Wildman–Crippen MR) is 124 cm³/mol. The zero-order valence-electron chi connectivity index (χ0n) is 21.1. The highest BCUT2D eigenvalue weighted by atomic mass is 16.7. The summed E-state index contributed by atoms with van der Waals surface area (Å²) < 4.78 is 12.1. The summed E-state index contributed by atoms with van der Waals surface area (Å²) >= 11 is 0. The Kier molecular flexibility index (Phi) is 7.43. The molecule has 4 aliphatic carbocycles. The van der Waals surface area contributed by atoms with E-state index in [1.54, 1.807) is 0 Å². The largest absolute Gasteiger partial charge is 0.348 e. The van der Waals surface area contributed by atoms with Crippen molar-refractivity contribution in [2.24, 2.45) is 40.4 Å². The highest BCUT2D eigenvalue weighted by Crippen LogP contribution is 2.67. The Morgan fingerprint density at radius 3 is 2.13 bits per heavy atom. The van der Waals surface area contributed by atoms with Crippen molar-refractivity contribution in [2.75, 3.05) is 13.2 Å². The van der Waals surface area contributed by atoms with Crippen molar-refractivity contribution in [1.82, 2.24) is 0 Å². The minimum atomic E-state index is -0.519. The smallest absolute Gasteiger partial charge is 0.169 e. The summed E-state index contributed by atoms with van der Waals surface area (Å²) in [5.41, 5.74) is 0.0304. The minimum absolute atomic E-state index is 0.00891. The molecule has 0 bridgehead atoms. The molecule has 0 aromatic rings. The van der Waals surface area contributed by atoms with Gasteiger partial charge in [-0.25, -0.2) is 0 Å². The third kappa shape index (κ3) is 3.84. The monoisotopic (exact) mass is 434 g/mol. The lowest BCUT2D eigenvalue weighted by Gasteiger charge is -2.59. The van der Waals surface area contributed by atoms with Crippen molar-refractivity contribution in [1.29, 1.82) is 0 Å². The second-order valence-corrected chi connectivity index (χ2v) is 10.8. The molecule has 1 heterocycles. The molecule has 0 N–H and O–H groups in total. The van der Waals surface area contributed by atoms with Crippen LogP contribution in [0, 0.1) is 40.4 Å². The first-order chi connectivity index (χ1) is 14.8. The van der Waals surface area contributed by atoms with E-state index >= 15 is 0 Å². The van der Waals surface area contributed by atoms with Crippen LogP contribution in [0.2, 0.25) is 0 Å². The zero-order chi connectivity index (χ0) is 23.0. The number of carbonyl (C=O) groups is 2. The van der Waals surface area contributed by atoms with Crippen LogP contribution in [0.3, 0.4) is 0 Å². The van der Waals surface area contributed by atoms with E-state index in [0.29, 0.717) is 67.7 Å². The maximum atomic E-state index is 13.6. The van der Waals surface area contributed by atoms with Crippen LogP contribution in [0.25, 0.3) is 0 Å². The molecule has 0 radical (unpaired) electrons. The van der Waals surface area contributed by atoms with Crippen LogP contribution in [0.5, 0.6) is 0 Å². The number of hydrogen-bond donors (Lipinski definition) is 0. The maximum Gasteiger partial charge on any atom is 0.169 e. The van der Waals surface area contributed by atoms with Crippen LogP contribution in [-0.2, 0) is 19.1 Å². The summed E-state index contributed by atoms with van der Waals surface area (Å²) in [4.78, 5) is 25.7. The molecule has 5 aliphatic rings. The van der Waals surface area contributed by atoms with E-state index in [1.165, 1.54) is 6.42 Å². The Morgan fingerprint density at radius 2 is 1.48 bits per heavy atom. The third-order valence-corrected chi connectivity index (χ3v) is 9.66. The molecular formula is C27H46O4. The molecule has 7 atom stereocenters. The van der Waals surface area contributed by atoms with Crippen molar-refractivity contribution in [3.63, 3.8) is 0 Å². The Hall–Kier alpha value is -0.740. The molecule has 178 valence electrons. The van der Waals surface area contributed by atoms with Crippen molar-refractivity contribution in [2.45, 2.75) is 106 Å². The normalized spacial score (nSPS) is 45.3. The number of hydrogen-bond acceptors (Lipinski definition) is 4. The quantitative estimate of drug-likeness (QED) is 0.492. The van der Waals surface area contributed by atoms with Crippen molar-refractivity contribution in [3.05, 3.63) is 0 Å². The molecule has 4 heteroatoms. The van der Waals surface area contributed by atoms with Gasteiger partial charge in [-0.2, -0.15) is 0 Å². The number of fused-ring (bicyclic) bond motifs is 5. The van der Waals surface area contributed by atoms with E-state index in [9.17, 15) is 9.59 Å². The molecule has 5 rings (SSSR count). The van der Waals surface area contributed by atoms with Crippen LogP contribution in [0.1, 0.15) is 99.8 Å². The Balaban J connectivity index is 0.000000645. The van der Waals surface area contributed by atoms with Crippen molar-refractivity contribution in [3.8, 4) is 0 Å². The van der Waals surface area contributed by atoms with Crippen molar-refractivity contribution < 1.29 is 19.1 Å². The van der Waals surface area contributed by atoms with Gasteiger partial charge in [-0.1, -0.05) is 41.5 Å². The number of Topliss-reactive ketones (excluding diaryl/α,β-unsaturated/α-hetero) is 2. The second kappa shape index (κ2) is 9.25. The summed E-state index contributed by atoms with van der Waals surface area (Å²) in [6, 6.07) is 0. The van der Waals surface area contributed by atoms with Gasteiger partial charge in [0, 0.05) is 31.1 Å². The summed E-state index contributed by atoms with van der Waals surface area (Å²) in [6.07, 6.45) is 7.51. The first-order valence-electron chi connectivity index (χ1n) is 13.1. The average Bonchev–Trinajstić information content (AvgIpc) is 3.35. The van der Waals surface area contributed by atoms with E-state index in [0.717, 1.165) is 25.7 Å². The fourth-order valence-corrected chi connectivity index (χ4v) is 8.45. The molecule has 5 fully saturated rings. The van der Waals surface area contributed by atoms with Crippen LogP contribution in [0.4, 0.5) is 0 Å². The first kappa shape index (κ1) is 24.9. The van der Waals surface area contributed by atoms with E-state index < -0.39 is 5.79 Å². The van der Waals surface area contributed by atoms with E-state index in [2.05, 4.69) is 20.8 Å². The standard InChI is InChI=1S/C23H34O4.2C2H6/c1-21-9-8-15(24)12-14(21)4-5-16-17-6-7-19(23(3)26-10-11-27-23)22(17,2)13-18(25)20(16)21;2*1-2/h14,16-17,19-20H,4-13H2,1-3H3;2*1-2H3. The van der Waals surface area contributed by atoms with Gasteiger partial charge in [0.05, 0.1) is 13.2 Å². The van der Waals surface area contributed by atoms with Gasteiger partial charge >= 0.3 is 0 Å². The first-order valence-corrected chi connectivity index (χ1v) is 13.1. The minimum Gasteiger partial charge on any atom is -0.348 e. The Bertz CT molecular complexity index is 666. The molecule has 0 amide bonds. The summed E-state index contributed by atoms with van der Waals surface area (Å²) in [7, 11) is 0. The van der Waals surface area contributed by atoms with Crippen LogP contribution >= 0.6 is 0 Å². The second-order valence-electron chi connectivity index (χ2n) is 10.8. The van der Waals surface area contributed by atoms with Crippen LogP contribution in [-0.4, -0.2) is 30.6 Å². The predicted octanol–water partition coefficient (Wildman–Crippen LogP) is 6.21. The van der Waals surface area contributed by atoms with Gasteiger partial charge in [0.15, 0.2) is 5.79 Å². The SMILES string of the molecule is CC.CC.CC1(C2CCC3C4CCC5CC(=O)CCC5(C)C4C(=O)CC32C)OCCO1. The lowest BCUT2D eigenvalue weighted by Crippen LogP contribution is -2.58. The molecule has 0 spiro atoms. The fraction of sp³-hybridized carbons (Fsp3) is 0.926. The molecule has 7 unspecified atom stereocenters. The number of ketones is 2. The zero-order valence-corrected chi connectivity index (χ0v) is 21.1. The topological polar surface area (TPSA) is 52.6 Å². The lowest BCUT2D eigenvalue weighted by atomic mass is 9.44. The van der Waals surface area contributed by atoms with Gasteiger partial charge in [0.2, 0.25) is 0 Å². The highest BCUT2D eigenvalue weighted by Gasteiger charge is 2.66. The number of rotatable bonds is 1. The third-order valence-electron chi connectivity index (χ3n) is 9.66. The lowest BCUT2D eigenvalue weighted by molar-refractivity contribution is -0.216. The summed E-state index contributed by atoms with van der Waals surface area (Å²) in [5, 5.41) is 0. The van der Waals surface area contributed by atoms with Gasteiger partial charge in [-0.05, 0) is 67.6 Å². The molecule has 4 saturated carbocycles. The molecule has 1 aliphatic heterocycles. The molecule has 31 heavy (non-hydrogen) atoms. The van der Waals surface area contributed by atoms with Crippen molar-refractivity contribution >= 4 is 11.6 Å². The number of ether oxygens (including phenoxy) is 2. The molecular weight excluding hydrogens is 388 g/mol. The highest BCUT2D eigenvalue weighted by molar-refractivity contribution is 5.85. The molecule has 0 aromatic heterocycles. The molecule has 0 aromatic carbocycles. The Labute approximate surface area is 190 Å².